The summed E-state index contributed by atoms with van der Waals surface area (Å²) < 4.78 is 35.3. The van der Waals surface area contributed by atoms with Crippen molar-refractivity contribution < 1.29 is 28.1 Å². The van der Waals surface area contributed by atoms with Gasteiger partial charge in [0.25, 0.3) is 0 Å². The number of benzene rings is 3. The van der Waals surface area contributed by atoms with E-state index >= 15 is 0 Å². The highest BCUT2D eigenvalue weighted by Gasteiger charge is 2.31. The number of carbonyl (C=O) groups excluding carboxylic acids is 1. The van der Waals surface area contributed by atoms with Crippen molar-refractivity contribution in [1.82, 2.24) is 4.90 Å². The standard InChI is InChI=1S/C29H30FNO5/c1-33-23-11-7-20(8-12-23)28-24-16-27(35-3)26(34-2)15-21(24)13-14-31(18-25(28)29(32)36-4)17-19-5-9-22(30)10-6-19/h5-12,15-16,18,28H,13-14,17H2,1-4H3/b25-18+. The number of hydrogen-bond acceptors (Lipinski definition) is 6. The molecule has 0 aromatic heterocycles. The van der Waals surface area contributed by atoms with Gasteiger partial charge in [-0.25, -0.2) is 9.18 Å². The first-order valence-corrected chi connectivity index (χ1v) is 11.6. The minimum atomic E-state index is -0.428. The highest BCUT2D eigenvalue weighted by molar-refractivity contribution is 5.91. The number of carbonyl (C=O) groups is 1. The highest BCUT2D eigenvalue weighted by atomic mass is 19.1. The van der Waals surface area contributed by atoms with E-state index in [1.54, 1.807) is 33.5 Å². The molecule has 0 spiro atoms. The van der Waals surface area contributed by atoms with E-state index in [4.69, 9.17) is 18.9 Å². The molecule has 1 aliphatic rings. The second-order valence-electron chi connectivity index (χ2n) is 8.54. The van der Waals surface area contributed by atoms with Crippen LogP contribution >= 0.6 is 0 Å². The Morgan fingerprint density at radius 3 is 2.19 bits per heavy atom. The first-order valence-electron chi connectivity index (χ1n) is 11.6. The van der Waals surface area contributed by atoms with E-state index in [1.165, 1.54) is 19.2 Å². The molecular weight excluding hydrogens is 461 g/mol. The molecule has 7 heteroatoms. The Bertz CT molecular complexity index is 1240. The van der Waals surface area contributed by atoms with Crippen LogP contribution in [-0.4, -0.2) is 45.9 Å². The van der Waals surface area contributed by atoms with Gasteiger partial charge in [-0.15, -0.1) is 0 Å². The SMILES string of the molecule is COC(=O)/C1=C/N(Cc2ccc(F)cc2)CCc2cc(OC)c(OC)cc2C1c1ccc(OC)cc1. The molecule has 6 nitrogen and oxygen atoms in total. The maximum atomic E-state index is 13.5. The number of fused-ring (bicyclic) bond motifs is 1. The molecule has 0 N–H and O–H groups in total. The third kappa shape index (κ3) is 5.30. The third-order valence-electron chi connectivity index (χ3n) is 6.43. The Morgan fingerprint density at radius 1 is 0.917 bits per heavy atom. The van der Waals surface area contributed by atoms with E-state index < -0.39 is 11.9 Å². The maximum Gasteiger partial charge on any atom is 0.336 e. The summed E-state index contributed by atoms with van der Waals surface area (Å²) in [6, 6.07) is 18.0. The fraction of sp³-hybridized carbons (Fsp3) is 0.276. The molecule has 3 aromatic rings. The van der Waals surface area contributed by atoms with E-state index in [1.807, 2.05) is 42.6 Å². The molecule has 0 radical (unpaired) electrons. The van der Waals surface area contributed by atoms with Crippen LogP contribution in [0.4, 0.5) is 4.39 Å². The Hall–Kier alpha value is -4.00. The van der Waals surface area contributed by atoms with Crippen molar-refractivity contribution in [2.75, 3.05) is 35.0 Å². The predicted molar refractivity (Wildman–Crippen MR) is 135 cm³/mol. The van der Waals surface area contributed by atoms with Crippen LogP contribution in [0.1, 0.15) is 28.2 Å². The van der Waals surface area contributed by atoms with Gasteiger partial charge in [0.15, 0.2) is 11.5 Å². The van der Waals surface area contributed by atoms with E-state index in [9.17, 15) is 9.18 Å². The van der Waals surface area contributed by atoms with Crippen molar-refractivity contribution >= 4 is 5.97 Å². The number of methoxy groups -OCH3 is 4. The van der Waals surface area contributed by atoms with Crippen molar-refractivity contribution in [3.8, 4) is 17.2 Å². The van der Waals surface area contributed by atoms with Crippen molar-refractivity contribution in [3.05, 3.63) is 101 Å². The van der Waals surface area contributed by atoms with Gasteiger partial charge in [-0.1, -0.05) is 24.3 Å². The zero-order valence-corrected chi connectivity index (χ0v) is 20.9. The molecule has 1 aliphatic heterocycles. The van der Waals surface area contributed by atoms with Gasteiger partial charge in [0.1, 0.15) is 11.6 Å². The van der Waals surface area contributed by atoms with Gasteiger partial charge in [0, 0.05) is 25.2 Å². The quantitative estimate of drug-likeness (QED) is 0.429. The maximum absolute atomic E-state index is 13.5. The van der Waals surface area contributed by atoms with Gasteiger partial charge in [0.05, 0.1) is 34.0 Å². The van der Waals surface area contributed by atoms with Gasteiger partial charge in [-0.3, -0.25) is 0 Å². The number of rotatable bonds is 7. The summed E-state index contributed by atoms with van der Waals surface area (Å²) in [5.74, 6) is 0.795. The van der Waals surface area contributed by atoms with Crippen LogP contribution in [0.3, 0.4) is 0 Å². The van der Waals surface area contributed by atoms with Crippen LogP contribution in [0, 0.1) is 5.82 Å². The van der Waals surface area contributed by atoms with Crippen molar-refractivity contribution in [2.45, 2.75) is 18.9 Å². The minimum absolute atomic E-state index is 0.285. The molecule has 1 unspecified atom stereocenters. The predicted octanol–water partition coefficient (Wildman–Crippen LogP) is 5.10. The average Bonchev–Trinajstić information content (AvgIpc) is 2.91. The van der Waals surface area contributed by atoms with Gasteiger partial charge < -0.3 is 23.8 Å². The number of ether oxygens (including phenoxy) is 4. The normalized spacial score (nSPS) is 16.6. The summed E-state index contributed by atoms with van der Waals surface area (Å²) in [7, 11) is 6.20. The van der Waals surface area contributed by atoms with Crippen LogP contribution in [0.15, 0.2) is 72.4 Å². The lowest BCUT2D eigenvalue weighted by Gasteiger charge is -2.31. The first kappa shape index (κ1) is 25.1. The second kappa shape index (κ2) is 11.2. The Kier molecular flexibility index (Phi) is 7.78. The lowest BCUT2D eigenvalue weighted by Crippen LogP contribution is -2.27. The Morgan fingerprint density at radius 2 is 1.58 bits per heavy atom. The van der Waals surface area contributed by atoms with Crippen LogP contribution in [0.25, 0.3) is 0 Å². The van der Waals surface area contributed by atoms with Crippen molar-refractivity contribution in [2.24, 2.45) is 0 Å². The zero-order chi connectivity index (χ0) is 25.7. The summed E-state index contributed by atoms with van der Waals surface area (Å²) in [5.41, 5.74) is 4.30. The second-order valence-corrected chi connectivity index (χ2v) is 8.54. The molecule has 0 aliphatic carbocycles. The van der Waals surface area contributed by atoms with E-state index in [2.05, 4.69) is 4.90 Å². The van der Waals surface area contributed by atoms with E-state index in [0.29, 0.717) is 36.6 Å². The summed E-state index contributed by atoms with van der Waals surface area (Å²) in [6.45, 7) is 1.15. The van der Waals surface area contributed by atoms with Crippen LogP contribution in [-0.2, 0) is 22.5 Å². The van der Waals surface area contributed by atoms with Crippen molar-refractivity contribution in [1.29, 1.82) is 0 Å². The fourth-order valence-corrected chi connectivity index (χ4v) is 4.58. The van der Waals surface area contributed by atoms with E-state index in [0.717, 1.165) is 28.0 Å². The molecule has 188 valence electrons. The van der Waals surface area contributed by atoms with Gasteiger partial charge in [-0.05, 0) is 65.1 Å². The topological polar surface area (TPSA) is 57.2 Å². The zero-order valence-electron chi connectivity index (χ0n) is 20.9. The molecule has 0 amide bonds. The third-order valence-corrected chi connectivity index (χ3v) is 6.43. The molecule has 4 rings (SSSR count). The monoisotopic (exact) mass is 491 g/mol. The van der Waals surface area contributed by atoms with Crippen LogP contribution < -0.4 is 14.2 Å². The molecule has 0 fully saturated rings. The van der Waals surface area contributed by atoms with E-state index in [-0.39, 0.29) is 5.82 Å². The summed E-state index contributed by atoms with van der Waals surface area (Å²) in [6.07, 6.45) is 2.57. The molecule has 0 bridgehead atoms. The number of nitrogens with zero attached hydrogens (tertiary/aromatic N) is 1. The Labute approximate surface area is 210 Å². The Balaban J connectivity index is 1.89. The molecule has 1 heterocycles. The van der Waals surface area contributed by atoms with Gasteiger partial charge >= 0.3 is 5.97 Å². The van der Waals surface area contributed by atoms with Crippen LogP contribution in [0.5, 0.6) is 17.2 Å². The number of halogens is 1. The van der Waals surface area contributed by atoms with Gasteiger partial charge in [0.2, 0.25) is 0 Å². The van der Waals surface area contributed by atoms with Gasteiger partial charge in [-0.2, -0.15) is 0 Å². The molecular formula is C29H30FNO5. The first-order chi connectivity index (χ1) is 17.5. The molecule has 3 aromatic carbocycles. The smallest absolute Gasteiger partial charge is 0.336 e. The van der Waals surface area contributed by atoms with Crippen LogP contribution in [0.2, 0.25) is 0 Å². The minimum Gasteiger partial charge on any atom is -0.497 e. The fourth-order valence-electron chi connectivity index (χ4n) is 4.58. The summed E-state index contributed by atoms with van der Waals surface area (Å²) in [4.78, 5) is 15.3. The average molecular weight is 492 g/mol. The molecule has 0 saturated carbocycles. The number of esters is 1. The summed E-state index contributed by atoms with van der Waals surface area (Å²) >= 11 is 0. The van der Waals surface area contributed by atoms with Crippen molar-refractivity contribution in [3.63, 3.8) is 0 Å². The lowest BCUT2D eigenvalue weighted by atomic mass is 9.81. The lowest BCUT2D eigenvalue weighted by molar-refractivity contribution is -0.136. The molecule has 36 heavy (non-hydrogen) atoms. The molecule has 0 saturated heterocycles. The summed E-state index contributed by atoms with van der Waals surface area (Å²) in [5, 5.41) is 0. The number of hydrogen-bond donors (Lipinski definition) is 0. The largest absolute Gasteiger partial charge is 0.497 e. The molecule has 1 atom stereocenters. The highest BCUT2D eigenvalue weighted by Crippen LogP contribution is 2.42.